The number of hydrogen-bond acceptors (Lipinski definition) is 2. The zero-order chi connectivity index (χ0) is 13.0. The molecule has 3 atom stereocenters. The molecule has 2 N–H and O–H groups in total. The Bertz CT molecular complexity index is 330. The van der Waals surface area contributed by atoms with Gasteiger partial charge >= 0.3 is 5.97 Å². The standard InChI is InChI=1S/C12H18BrNO3/c1-3-8-4-9(10(5-8)12(16)17)11(15)14-6-7(2)13/h8-10H,2-6H2,1H3,(H,14,15)(H,16,17)/t8?,9-,10+/m0/s1. The van der Waals surface area contributed by atoms with Crippen molar-refractivity contribution in [2.24, 2.45) is 17.8 Å². The van der Waals surface area contributed by atoms with E-state index < -0.39 is 17.8 Å². The number of hydrogen-bond donors (Lipinski definition) is 2. The Balaban J connectivity index is 2.63. The van der Waals surface area contributed by atoms with Crippen molar-refractivity contribution < 1.29 is 14.7 Å². The molecule has 0 spiro atoms. The van der Waals surface area contributed by atoms with Gasteiger partial charge in [0.05, 0.1) is 11.8 Å². The summed E-state index contributed by atoms with van der Waals surface area (Å²) in [5.41, 5.74) is 0. The maximum absolute atomic E-state index is 11.9. The van der Waals surface area contributed by atoms with Crippen LogP contribution in [0.2, 0.25) is 0 Å². The lowest BCUT2D eigenvalue weighted by molar-refractivity contribution is -0.146. The number of carbonyl (C=O) groups excluding carboxylic acids is 1. The van der Waals surface area contributed by atoms with Crippen LogP contribution in [0.5, 0.6) is 0 Å². The molecule has 0 aromatic carbocycles. The quantitative estimate of drug-likeness (QED) is 0.818. The Morgan fingerprint density at radius 3 is 2.47 bits per heavy atom. The fourth-order valence-corrected chi connectivity index (χ4v) is 2.49. The Morgan fingerprint density at radius 2 is 2.00 bits per heavy atom. The van der Waals surface area contributed by atoms with Crippen LogP contribution in [0.4, 0.5) is 0 Å². The highest BCUT2D eigenvalue weighted by Crippen LogP contribution is 2.38. The molecule has 1 fully saturated rings. The summed E-state index contributed by atoms with van der Waals surface area (Å²) in [5, 5.41) is 11.8. The number of amides is 1. The minimum atomic E-state index is -0.862. The molecule has 0 saturated heterocycles. The molecule has 0 aromatic rings. The van der Waals surface area contributed by atoms with Crippen LogP contribution in [0.3, 0.4) is 0 Å². The van der Waals surface area contributed by atoms with Gasteiger partial charge in [0, 0.05) is 11.0 Å². The van der Waals surface area contributed by atoms with E-state index in [1.807, 2.05) is 6.92 Å². The average molecular weight is 304 g/mol. The number of carbonyl (C=O) groups is 2. The van der Waals surface area contributed by atoms with Crippen molar-refractivity contribution in [2.75, 3.05) is 6.54 Å². The first-order valence-electron chi connectivity index (χ1n) is 5.79. The second-order valence-electron chi connectivity index (χ2n) is 4.53. The average Bonchev–Trinajstić information content (AvgIpc) is 2.69. The summed E-state index contributed by atoms with van der Waals surface area (Å²) in [6.45, 7) is 6.00. The SMILES string of the molecule is C=C(Br)CNC(=O)[C@H]1CC(CC)C[C@H]1C(=O)O. The number of carboxylic acid groups (broad SMARTS) is 1. The van der Waals surface area contributed by atoms with Gasteiger partial charge in [-0.2, -0.15) is 0 Å². The van der Waals surface area contributed by atoms with E-state index in [0.717, 1.165) is 6.42 Å². The van der Waals surface area contributed by atoms with Crippen LogP contribution in [-0.2, 0) is 9.59 Å². The van der Waals surface area contributed by atoms with Crippen molar-refractivity contribution in [2.45, 2.75) is 26.2 Å². The molecule has 96 valence electrons. The monoisotopic (exact) mass is 303 g/mol. The van der Waals surface area contributed by atoms with Crippen LogP contribution in [0, 0.1) is 17.8 Å². The summed E-state index contributed by atoms with van der Waals surface area (Å²) in [4.78, 5) is 23.0. The molecule has 17 heavy (non-hydrogen) atoms. The maximum atomic E-state index is 11.9. The van der Waals surface area contributed by atoms with E-state index in [2.05, 4.69) is 27.8 Å². The van der Waals surface area contributed by atoms with Crippen LogP contribution in [0.15, 0.2) is 11.1 Å². The Kier molecular flexibility index (Phi) is 5.18. The number of aliphatic carboxylic acids is 1. The second-order valence-corrected chi connectivity index (χ2v) is 5.65. The van der Waals surface area contributed by atoms with Crippen molar-refractivity contribution in [3.8, 4) is 0 Å². The Hall–Kier alpha value is -0.840. The van der Waals surface area contributed by atoms with Gasteiger partial charge in [0.1, 0.15) is 0 Å². The lowest BCUT2D eigenvalue weighted by atomic mass is 9.95. The molecule has 0 radical (unpaired) electrons. The summed E-state index contributed by atoms with van der Waals surface area (Å²) in [5.74, 6) is -1.63. The fourth-order valence-electron chi connectivity index (χ4n) is 2.35. The fraction of sp³-hybridized carbons (Fsp3) is 0.667. The van der Waals surface area contributed by atoms with E-state index in [1.54, 1.807) is 0 Å². The van der Waals surface area contributed by atoms with Gasteiger partial charge < -0.3 is 10.4 Å². The van der Waals surface area contributed by atoms with Crippen molar-refractivity contribution in [1.29, 1.82) is 0 Å². The molecule has 0 aliphatic heterocycles. The second kappa shape index (κ2) is 6.19. The van der Waals surface area contributed by atoms with Gasteiger partial charge in [0.25, 0.3) is 0 Å². The van der Waals surface area contributed by atoms with Crippen LogP contribution in [0.25, 0.3) is 0 Å². The molecule has 1 aliphatic rings. The number of halogens is 1. The van der Waals surface area contributed by atoms with Crippen LogP contribution in [-0.4, -0.2) is 23.5 Å². The maximum Gasteiger partial charge on any atom is 0.307 e. The smallest absolute Gasteiger partial charge is 0.307 e. The van der Waals surface area contributed by atoms with Crippen LogP contribution < -0.4 is 5.32 Å². The Morgan fingerprint density at radius 1 is 1.41 bits per heavy atom. The number of nitrogens with one attached hydrogen (secondary N) is 1. The molecule has 1 aliphatic carbocycles. The summed E-state index contributed by atoms with van der Waals surface area (Å²) >= 11 is 3.16. The highest BCUT2D eigenvalue weighted by Gasteiger charge is 2.41. The van der Waals surface area contributed by atoms with Gasteiger partial charge in [0.2, 0.25) is 5.91 Å². The molecule has 1 rings (SSSR count). The lowest BCUT2D eigenvalue weighted by Crippen LogP contribution is -2.35. The van der Waals surface area contributed by atoms with E-state index in [4.69, 9.17) is 5.11 Å². The van der Waals surface area contributed by atoms with Crippen LogP contribution in [0.1, 0.15) is 26.2 Å². The van der Waals surface area contributed by atoms with E-state index in [-0.39, 0.29) is 5.91 Å². The van der Waals surface area contributed by atoms with Gasteiger partial charge in [-0.05, 0) is 18.8 Å². The molecule has 4 nitrogen and oxygen atoms in total. The zero-order valence-corrected chi connectivity index (χ0v) is 11.5. The van der Waals surface area contributed by atoms with Gasteiger partial charge in [0.15, 0.2) is 0 Å². The normalized spacial score (nSPS) is 27.8. The predicted octanol–water partition coefficient (Wildman–Crippen LogP) is 2.15. The molecule has 1 saturated carbocycles. The van der Waals surface area contributed by atoms with Crippen molar-refractivity contribution in [1.82, 2.24) is 5.32 Å². The van der Waals surface area contributed by atoms with E-state index >= 15 is 0 Å². The minimum Gasteiger partial charge on any atom is -0.481 e. The highest BCUT2D eigenvalue weighted by molar-refractivity contribution is 9.11. The van der Waals surface area contributed by atoms with Crippen molar-refractivity contribution in [3.63, 3.8) is 0 Å². The van der Waals surface area contributed by atoms with Gasteiger partial charge in [-0.25, -0.2) is 0 Å². The third kappa shape index (κ3) is 3.84. The van der Waals surface area contributed by atoms with E-state index in [0.29, 0.717) is 29.8 Å². The molecular weight excluding hydrogens is 286 g/mol. The highest BCUT2D eigenvalue weighted by atomic mass is 79.9. The van der Waals surface area contributed by atoms with E-state index in [9.17, 15) is 9.59 Å². The Labute approximate surface area is 110 Å². The zero-order valence-electron chi connectivity index (χ0n) is 9.91. The largest absolute Gasteiger partial charge is 0.481 e. The summed E-state index contributed by atoms with van der Waals surface area (Å²) in [6.07, 6.45) is 2.21. The van der Waals surface area contributed by atoms with Gasteiger partial charge in [-0.15, -0.1) is 0 Å². The third-order valence-corrected chi connectivity index (χ3v) is 3.63. The van der Waals surface area contributed by atoms with E-state index in [1.165, 1.54) is 0 Å². The summed E-state index contributed by atoms with van der Waals surface area (Å²) < 4.78 is 0.683. The predicted molar refractivity (Wildman–Crippen MR) is 68.7 cm³/mol. The number of carboxylic acids is 1. The molecule has 1 amide bonds. The summed E-state index contributed by atoms with van der Waals surface area (Å²) in [7, 11) is 0. The van der Waals surface area contributed by atoms with Crippen molar-refractivity contribution in [3.05, 3.63) is 11.1 Å². The van der Waals surface area contributed by atoms with Crippen LogP contribution >= 0.6 is 15.9 Å². The topological polar surface area (TPSA) is 66.4 Å². The summed E-state index contributed by atoms with van der Waals surface area (Å²) in [6, 6.07) is 0. The van der Waals surface area contributed by atoms with Gasteiger partial charge in [-0.3, -0.25) is 9.59 Å². The minimum absolute atomic E-state index is 0.172. The van der Waals surface area contributed by atoms with Gasteiger partial charge in [-0.1, -0.05) is 35.9 Å². The first kappa shape index (κ1) is 14.2. The number of rotatable bonds is 5. The molecular formula is C12H18BrNO3. The molecule has 0 aromatic heterocycles. The molecule has 0 bridgehead atoms. The lowest BCUT2D eigenvalue weighted by Gasteiger charge is -2.15. The molecule has 1 unspecified atom stereocenters. The first-order valence-corrected chi connectivity index (χ1v) is 6.58. The first-order chi connectivity index (χ1) is 7.95. The molecule has 0 heterocycles. The molecule has 5 heteroatoms. The van der Waals surface area contributed by atoms with Crippen molar-refractivity contribution >= 4 is 27.8 Å². The third-order valence-electron chi connectivity index (χ3n) is 3.35.